The Hall–Kier alpha value is -1.12. The maximum Gasteiger partial charge on any atom is 0.239 e. The summed E-state index contributed by atoms with van der Waals surface area (Å²) in [6.07, 6.45) is 1.03. The molecule has 3 N–H and O–H groups in total. The van der Waals surface area contributed by atoms with Crippen LogP contribution in [0, 0.1) is 11.3 Å². The Morgan fingerprint density at radius 2 is 2.36 bits per heavy atom. The average molecular weight is 199 g/mol. The molecule has 0 spiro atoms. The van der Waals surface area contributed by atoms with E-state index in [-0.39, 0.29) is 18.6 Å². The minimum absolute atomic E-state index is 0.115. The van der Waals surface area contributed by atoms with E-state index in [2.05, 4.69) is 5.32 Å². The Bertz CT molecular complexity index is 213. The number of nitriles is 1. The van der Waals surface area contributed by atoms with Crippen LogP contribution in [0.4, 0.5) is 0 Å². The molecule has 0 aliphatic carbocycles. The molecule has 0 fully saturated rings. The summed E-state index contributed by atoms with van der Waals surface area (Å²) < 4.78 is 4.75. The average Bonchev–Trinajstić information content (AvgIpc) is 2.17. The van der Waals surface area contributed by atoms with Crippen molar-refractivity contribution in [3.63, 3.8) is 0 Å². The molecule has 14 heavy (non-hydrogen) atoms. The Balaban J connectivity index is 3.96. The van der Waals surface area contributed by atoms with Gasteiger partial charge >= 0.3 is 0 Å². The van der Waals surface area contributed by atoms with Gasteiger partial charge in [0.25, 0.3) is 0 Å². The van der Waals surface area contributed by atoms with Crippen molar-refractivity contribution in [1.82, 2.24) is 5.32 Å². The smallest absolute Gasteiger partial charge is 0.239 e. The van der Waals surface area contributed by atoms with Crippen LogP contribution in [0.3, 0.4) is 0 Å². The number of nitrogens with two attached hydrogens (primary N) is 1. The molecule has 1 amide bonds. The maximum absolute atomic E-state index is 11.4. The zero-order chi connectivity index (χ0) is 11.0. The first-order valence-electron chi connectivity index (χ1n) is 4.57. The molecule has 0 aromatic carbocycles. The van der Waals surface area contributed by atoms with Crippen LogP contribution in [0.5, 0.6) is 0 Å². The van der Waals surface area contributed by atoms with Gasteiger partial charge in [-0.2, -0.15) is 5.26 Å². The van der Waals surface area contributed by atoms with E-state index in [0.29, 0.717) is 6.42 Å². The fraction of sp³-hybridized carbons (Fsp3) is 0.778. The standard InChI is InChI=1S/C9H17N3O2/c1-3-7(4-5-10)12-9(13)8(11)6-14-2/h7-8H,3-4,6,11H2,1-2H3,(H,12,13). The number of hydrogen-bond donors (Lipinski definition) is 2. The van der Waals surface area contributed by atoms with E-state index in [1.807, 2.05) is 13.0 Å². The van der Waals surface area contributed by atoms with E-state index in [4.69, 9.17) is 15.7 Å². The Morgan fingerprint density at radius 3 is 2.79 bits per heavy atom. The van der Waals surface area contributed by atoms with Crippen LogP contribution in [-0.2, 0) is 9.53 Å². The van der Waals surface area contributed by atoms with Crippen molar-refractivity contribution in [3.05, 3.63) is 0 Å². The van der Waals surface area contributed by atoms with Crippen molar-refractivity contribution in [2.75, 3.05) is 13.7 Å². The number of hydrogen-bond acceptors (Lipinski definition) is 4. The van der Waals surface area contributed by atoms with Gasteiger partial charge in [0.15, 0.2) is 0 Å². The Kier molecular flexibility index (Phi) is 6.72. The summed E-state index contributed by atoms with van der Waals surface area (Å²) in [7, 11) is 1.49. The van der Waals surface area contributed by atoms with E-state index >= 15 is 0 Å². The topological polar surface area (TPSA) is 88.1 Å². The molecule has 2 atom stereocenters. The van der Waals surface area contributed by atoms with E-state index in [9.17, 15) is 4.79 Å². The van der Waals surface area contributed by atoms with Gasteiger partial charge in [-0.05, 0) is 6.42 Å². The number of amides is 1. The highest BCUT2D eigenvalue weighted by Gasteiger charge is 2.16. The lowest BCUT2D eigenvalue weighted by Crippen LogP contribution is -2.47. The molecular formula is C9H17N3O2. The van der Waals surface area contributed by atoms with Gasteiger partial charge in [-0.1, -0.05) is 6.92 Å². The van der Waals surface area contributed by atoms with Crippen LogP contribution in [0.2, 0.25) is 0 Å². The van der Waals surface area contributed by atoms with Gasteiger partial charge in [-0.3, -0.25) is 4.79 Å². The monoisotopic (exact) mass is 199 g/mol. The van der Waals surface area contributed by atoms with Crippen LogP contribution in [0.1, 0.15) is 19.8 Å². The molecule has 0 rings (SSSR count). The van der Waals surface area contributed by atoms with Crippen molar-refractivity contribution in [3.8, 4) is 6.07 Å². The third kappa shape index (κ3) is 4.80. The third-order valence-corrected chi connectivity index (χ3v) is 1.86. The van der Waals surface area contributed by atoms with Crippen LogP contribution >= 0.6 is 0 Å². The number of rotatable bonds is 6. The van der Waals surface area contributed by atoms with E-state index in [0.717, 1.165) is 6.42 Å². The van der Waals surface area contributed by atoms with Crippen molar-refractivity contribution in [2.24, 2.45) is 5.73 Å². The number of nitrogens with one attached hydrogen (secondary N) is 1. The van der Waals surface area contributed by atoms with Gasteiger partial charge in [-0.25, -0.2) is 0 Å². The molecular weight excluding hydrogens is 182 g/mol. The molecule has 0 aromatic heterocycles. The summed E-state index contributed by atoms with van der Waals surface area (Å²) in [6.45, 7) is 2.10. The fourth-order valence-electron chi connectivity index (χ4n) is 0.971. The zero-order valence-electron chi connectivity index (χ0n) is 8.62. The lowest BCUT2D eigenvalue weighted by Gasteiger charge is -2.16. The van der Waals surface area contributed by atoms with Gasteiger partial charge in [0, 0.05) is 13.2 Å². The summed E-state index contributed by atoms with van der Waals surface area (Å²) in [5.41, 5.74) is 5.51. The van der Waals surface area contributed by atoms with Crippen LogP contribution in [0.15, 0.2) is 0 Å². The van der Waals surface area contributed by atoms with Crippen molar-refractivity contribution in [2.45, 2.75) is 31.8 Å². The fourth-order valence-corrected chi connectivity index (χ4v) is 0.971. The quantitative estimate of drug-likeness (QED) is 0.618. The number of ether oxygens (including phenoxy) is 1. The minimum Gasteiger partial charge on any atom is -0.383 e. The molecule has 0 aliphatic rings. The van der Waals surface area contributed by atoms with Crippen LogP contribution in [0.25, 0.3) is 0 Å². The largest absolute Gasteiger partial charge is 0.383 e. The second kappa shape index (κ2) is 7.30. The summed E-state index contributed by atoms with van der Waals surface area (Å²) in [5.74, 6) is -0.269. The predicted octanol–water partition coefficient (Wildman–Crippen LogP) is -0.231. The lowest BCUT2D eigenvalue weighted by atomic mass is 10.1. The molecule has 0 heterocycles. The predicted molar refractivity (Wildman–Crippen MR) is 52.3 cm³/mol. The first-order chi connectivity index (χ1) is 6.65. The third-order valence-electron chi connectivity index (χ3n) is 1.86. The van der Waals surface area contributed by atoms with Crippen molar-refractivity contribution >= 4 is 5.91 Å². The number of methoxy groups -OCH3 is 1. The number of nitrogens with zero attached hydrogens (tertiary/aromatic N) is 1. The van der Waals surface area contributed by atoms with Gasteiger partial charge in [-0.15, -0.1) is 0 Å². The Labute approximate surface area is 84.2 Å². The van der Waals surface area contributed by atoms with Gasteiger partial charge in [0.2, 0.25) is 5.91 Å². The Morgan fingerprint density at radius 1 is 1.71 bits per heavy atom. The van der Waals surface area contributed by atoms with E-state index in [1.165, 1.54) is 7.11 Å². The van der Waals surface area contributed by atoms with Gasteiger partial charge in [0.1, 0.15) is 6.04 Å². The second-order valence-electron chi connectivity index (χ2n) is 3.04. The molecule has 0 radical (unpaired) electrons. The minimum atomic E-state index is -0.659. The highest BCUT2D eigenvalue weighted by atomic mass is 16.5. The highest BCUT2D eigenvalue weighted by Crippen LogP contribution is 1.96. The molecule has 2 unspecified atom stereocenters. The molecule has 80 valence electrons. The second-order valence-corrected chi connectivity index (χ2v) is 3.04. The molecule has 0 saturated carbocycles. The molecule has 0 saturated heterocycles. The summed E-state index contributed by atoms with van der Waals surface area (Å²) in [6, 6.07) is 1.23. The zero-order valence-corrected chi connectivity index (χ0v) is 8.62. The molecule has 0 aliphatic heterocycles. The molecule has 5 heteroatoms. The van der Waals surface area contributed by atoms with E-state index < -0.39 is 6.04 Å². The van der Waals surface area contributed by atoms with Crippen LogP contribution in [-0.4, -0.2) is 31.7 Å². The van der Waals surface area contributed by atoms with E-state index in [1.54, 1.807) is 0 Å². The highest BCUT2D eigenvalue weighted by molar-refractivity contribution is 5.81. The van der Waals surface area contributed by atoms with Crippen molar-refractivity contribution < 1.29 is 9.53 Å². The number of carbonyl (C=O) groups excluding carboxylic acids is 1. The molecule has 0 aromatic rings. The normalized spacial score (nSPS) is 14.1. The maximum atomic E-state index is 11.4. The van der Waals surface area contributed by atoms with Gasteiger partial charge < -0.3 is 15.8 Å². The van der Waals surface area contributed by atoms with Crippen LogP contribution < -0.4 is 11.1 Å². The number of carbonyl (C=O) groups is 1. The first kappa shape index (κ1) is 12.9. The summed E-state index contributed by atoms with van der Waals surface area (Å²) in [5, 5.41) is 11.2. The molecule has 5 nitrogen and oxygen atoms in total. The first-order valence-corrected chi connectivity index (χ1v) is 4.57. The summed E-state index contributed by atoms with van der Waals surface area (Å²) in [4.78, 5) is 11.4. The lowest BCUT2D eigenvalue weighted by molar-refractivity contribution is -0.124. The SMILES string of the molecule is CCC(CC#N)NC(=O)C(N)COC. The van der Waals surface area contributed by atoms with Gasteiger partial charge in [0.05, 0.1) is 19.1 Å². The van der Waals surface area contributed by atoms with Crippen molar-refractivity contribution in [1.29, 1.82) is 5.26 Å². The molecule has 0 bridgehead atoms. The summed E-state index contributed by atoms with van der Waals surface area (Å²) >= 11 is 0.